The van der Waals surface area contributed by atoms with Crippen molar-refractivity contribution in [1.82, 2.24) is 48.2 Å². The molecule has 0 radical (unpaired) electrons. The predicted molar refractivity (Wildman–Crippen MR) is 588 cm³/mol. The van der Waals surface area contributed by atoms with Gasteiger partial charge in [-0.05, 0) is 174 Å². The summed E-state index contributed by atoms with van der Waals surface area (Å²) in [6, 6.07) is 158. The van der Waals surface area contributed by atoms with E-state index < -0.39 is 0 Å². The van der Waals surface area contributed by atoms with Crippen LogP contribution in [0.2, 0.25) is 0 Å². The van der Waals surface area contributed by atoms with Crippen molar-refractivity contribution in [3.05, 3.63) is 460 Å². The topological polar surface area (TPSA) is 136 Å². The summed E-state index contributed by atoms with van der Waals surface area (Å²) in [4.78, 5) is 30.6. The van der Waals surface area contributed by atoms with Crippen LogP contribution in [0.25, 0.3) is 275 Å². The van der Waals surface area contributed by atoms with Crippen LogP contribution in [0, 0.1) is 0 Å². The Labute approximate surface area is 821 Å². The zero-order valence-electron chi connectivity index (χ0n) is 77.3. The molecule has 14 heteroatoms. The summed E-state index contributed by atoms with van der Waals surface area (Å²) < 4.78 is 31.6. The minimum Gasteiger partial charge on any atom is -0.452 e. The lowest BCUT2D eigenvalue weighted by Gasteiger charge is -2.21. The molecular weight excluding hydrogens is 1770 g/mol. The molecule has 0 amide bonds. The Kier molecular flexibility index (Phi) is 18.3. The Morgan fingerprint density at radius 1 is 0.203 bits per heavy atom. The van der Waals surface area contributed by atoms with Crippen LogP contribution in [0.3, 0.4) is 0 Å². The molecular formula is C129H80N10O3S. The first-order chi connectivity index (χ1) is 70.7. The van der Waals surface area contributed by atoms with Crippen molar-refractivity contribution in [3.63, 3.8) is 0 Å². The molecule has 11 aromatic heterocycles. The van der Waals surface area contributed by atoms with E-state index in [9.17, 15) is 0 Å². The lowest BCUT2D eigenvalue weighted by atomic mass is 9.82. The average Bonchev–Trinajstić information content (AvgIpc) is 1.57. The summed E-state index contributed by atoms with van der Waals surface area (Å²) in [6.45, 7) is 4.68. The van der Waals surface area contributed by atoms with Crippen LogP contribution in [0.4, 0.5) is 0 Å². The van der Waals surface area contributed by atoms with Crippen molar-refractivity contribution in [2.75, 3.05) is 0 Å². The first-order valence-electron chi connectivity index (χ1n) is 48.3. The number of nitrogens with zero attached hydrogens (tertiary/aromatic N) is 10. The van der Waals surface area contributed by atoms with E-state index >= 15 is 0 Å². The fourth-order valence-electron chi connectivity index (χ4n) is 22.4. The highest BCUT2D eigenvalue weighted by molar-refractivity contribution is 7.25. The van der Waals surface area contributed by atoms with Crippen molar-refractivity contribution in [2.24, 2.45) is 0 Å². The predicted octanol–water partition coefficient (Wildman–Crippen LogP) is 34.2. The maximum Gasteiger partial charge on any atom is 0.180 e. The van der Waals surface area contributed by atoms with Gasteiger partial charge in [-0.2, -0.15) is 0 Å². The van der Waals surface area contributed by atoms with E-state index in [1.165, 1.54) is 119 Å². The Morgan fingerprint density at radius 3 is 0.944 bits per heavy atom. The van der Waals surface area contributed by atoms with Crippen LogP contribution in [-0.2, 0) is 5.41 Å². The van der Waals surface area contributed by atoms with Gasteiger partial charge in [0.2, 0.25) is 0 Å². The number of hydrogen-bond acceptors (Lipinski definition) is 10. The molecule has 11 heterocycles. The highest BCUT2D eigenvalue weighted by Gasteiger charge is 2.37. The average molecular weight is 1850 g/mol. The maximum absolute atomic E-state index is 6.50. The van der Waals surface area contributed by atoms with Crippen molar-refractivity contribution < 1.29 is 13.3 Å². The fourth-order valence-corrected chi connectivity index (χ4v) is 23.5. The molecule has 0 spiro atoms. The highest BCUT2D eigenvalue weighted by atomic mass is 32.1. The number of para-hydroxylation sites is 8. The second-order valence-corrected chi connectivity index (χ2v) is 38.5. The molecule has 0 N–H and O–H groups in total. The first kappa shape index (κ1) is 81.4. The Hall–Kier alpha value is -18.8. The molecule has 143 heavy (non-hydrogen) atoms. The van der Waals surface area contributed by atoms with Gasteiger partial charge in [-0.3, -0.25) is 0 Å². The summed E-state index contributed by atoms with van der Waals surface area (Å²) >= 11 is 1.85. The van der Waals surface area contributed by atoms with Crippen LogP contribution in [0.1, 0.15) is 25.0 Å². The number of furan rings is 3. The first-order valence-corrected chi connectivity index (χ1v) is 49.1. The number of fused-ring (bicyclic) bond motifs is 27. The van der Waals surface area contributed by atoms with Crippen LogP contribution < -0.4 is 0 Å². The number of rotatable bonds is 10. The fraction of sp³-hybridized carbons (Fsp3) is 0.0233. The van der Waals surface area contributed by atoms with Crippen molar-refractivity contribution in [3.8, 4) is 102 Å². The molecule has 30 aromatic rings. The van der Waals surface area contributed by atoms with Crippen molar-refractivity contribution in [2.45, 2.75) is 19.3 Å². The van der Waals surface area contributed by atoms with Gasteiger partial charge in [0, 0.05) is 141 Å². The molecule has 0 aliphatic heterocycles. The summed E-state index contributed by atoms with van der Waals surface area (Å²) in [7, 11) is 0. The zero-order valence-corrected chi connectivity index (χ0v) is 78.1. The highest BCUT2D eigenvalue weighted by Crippen LogP contribution is 2.53. The second kappa shape index (κ2) is 32.2. The third kappa shape index (κ3) is 12.9. The van der Waals surface area contributed by atoms with Gasteiger partial charge in [0.25, 0.3) is 0 Å². The molecule has 0 saturated carbocycles. The van der Waals surface area contributed by atoms with Crippen LogP contribution in [0.5, 0.6) is 0 Å². The van der Waals surface area contributed by atoms with E-state index in [0.717, 1.165) is 134 Å². The molecule has 0 unspecified atom stereocenters. The molecule has 31 rings (SSSR count). The summed E-state index contributed by atoms with van der Waals surface area (Å²) in [6.07, 6.45) is 0. The van der Waals surface area contributed by atoms with Crippen LogP contribution >= 0.6 is 11.3 Å². The van der Waals surface area contributed by atoms with E-state index in [-0.39, 0.29) is 5.41 Å². The quantitative estimate of drug-likeness (QED) is 0.131. The molecule has 0 saturated heterocycles. The van der Waals surface area contributed by atoms with Gasteiger partial charge >= 0.3 is 0 Å². The normalized spacial score (nSPS) is 12.5. The Bertz CT molecular complexity index is 10500. The molecule has 670 valence electrons. The number of hydrogen-bond donors (Lipinski definition) is 0. The third-order valence-electron chi connectivity index (χ3n) is 28.9. The smallest absolute Gasteiger partial charge is 0.180 e. The molecule has 13 nitrogen and oxygen atoms in total. The van der Waals surface area contributed by atoms with Gasteiger partial charge in [0.15, 0.2) is 34.2 Å². The van der Waals surface area contributed by atoms with Gasteiger partial charge in [-0.1, -0.05) is 311 Å². The van der Waals surface area contributed by atoms with Crippen molar-refractivity contribution >= 4 is 185 Å². The second-order valence-electron chi connectivity index (χ2n) is 37.4. The summed E-state index contributed by atoms with van der Waals surface area (Å²) in [5.74, 6) is 2.03. The summed E-state index contributed by atoms with van der Waals surface area (Å²) in [5, 5.41) is 15.5. The SMILES string of the molecule is CC1(C)c2ccccc2-c2cc3c4ccccc4n(-c4cccc(-c5nc(-c6ccccc6)nc6c5oc5ccccc56)c4)c3cc21.c1ccc(-c2nc(-c3cccc(-n4c5ccccc5c5cc6c(cc54)sc4ccccc46)c3)c3oc4ccccc4c3n2)cc1.c1ccc(-c2nc(-c3cccc(-n4c5ccccc5c5cc6c7ccccc7n(-c7ccccc7)c6cc54)c3)c3oc4ccccc4c3n2)cc1. The van der Waals surface area contributed by atoms with E-state index in [0.29, 0.717) is 34.2 Å². The Morgan fingerprint density at radius 2 is 0.517 bits per heavy atom. The van der Waals surface area contributed by atoms with Gasteiger partial charge in [0.1, 0.15) is 50.4 Å². The zero-order chi connectivity index (χ0) is 94.2. The van der Waals surface area contributed by atoms with E-state index in [4.69, 9.17) is 43.2 Å². The van der Waals surface area contributed by atoms with Gasteiger partial charge in [-0.25, -0.2) is 29.9 Å². The molecule has 0 fully saturated rings. The molecule has 1 aliphatic rings. The third-order valence-corrected chi connectivity index (χ3v) is 30.0. The Balaban J connectivity index is 0.000000102. The van der Waals surface area contributed by atoms with Crippen molar-refractivity contribution in [1.29, 1.82) is 0 Å². The number of aromatic nitrogens is 10. The lowest BCUT2D eigenvalue weighted by Crippen LogP contribution is -2.14. The van der Waals surface area contributed by atoms with Gasteiger partial charge < -0.3 is 31.5 Å². The standard InChI is InChI=1S/C46H28N4O.C43H29N3O.C40H23N3OS/c1-3-14-29(15-4-1)46-47-43(45-44(48-46)35-22-9-12-25-42(35)51-45)30-16-13-19-32(26-30)50-39-24-11-8-21-34(39)37-27-36-33-20-7-10-23-38(33)49(40(36)28-41(37)50)31-17-5-2-6-18-31;1-43(2)34-20-9-6-17-29(34)32-24-33-30-18-7-10-21-36(30)46(37(33)25-35(32)43)28-16-12-15-27(23-28)39-41-40(31-19-8-11-22-38(31)47-41)45-42(44-39)26-13-4-3-5-14-26;1-2-11-24(12-3-1)40-41-37(39-38(42-40)29-17-5-8-19-34(29)44-39)25-13-10-14-26(21-25)43-32-18-7-4-15-27(32)30-22-31-28-16-6-9-20-35(28)45-36(31)23-33(30)43/h1-28H;3-25H,1-2H3;1-23H. The molecule has 19 aromatic carbocycles. The van der Waals surface area contributed by atoms with Gasteiger partial charge in [-0.15, -0.1) is 11.3 Å². The minimum absolute atomic E-state index is 0.0923. The van der Waals surface area contributed by atoms with Gasteiger partial charge in [0.05, 0.1) is 44.1 Å². The monoisotopic (exact) mass is 1850 g/mol. The lowest BCUT2D eigenvalue weighted by molar-refractivity contribution is 0.661. The molecule has 0 bridgehead atoms. The number of benzene rings is 19. The number of thiophene rings is 1. The molecule has 1 aliphatic carbocycles. The van der Waals surface area contributed by atoms with E-state index in [2.05, 4.69) is 372 Å². The van der Waals surface area contributed by atoms with E-state index in [1.54, 1.807) is 0 Å². The largest absolute Gasteiger partial charge is 0.452 e. The van der Waals surface area contributed by atoms with Crippen LogP contribution in [-0.4, -0.2) is 48.2 Å². The minimum atomic E-state index is -0.0923. The van der Waals surface area contributed by atoms with Crippen LogP contribution in [0.15, 0.2) is 462 Å². The summed E-state index contributed by atoms with van der Waals surface area (Å²) in [5.41, 5.74) is 34.1. The van der Waals surface area contributed by atoms with E-state index in [1.807, 2.05) is 121 Å². The maximum atomic E-state index is 6.50. The molecule has 0 atom stereocenters.